The third-order valence-corrected chi connectivity index (χ3v) is 7.65. The Morgan fingerprint density at radius 1 is 1.10 bits per heavy atom. The molecule has 0 aliphatic carbocycles. The van der Waals surface area contributed by atoms with Crippen LogP contribution in [0.25, 0.3) is 0 Å². The third kappa shape index (κ3) is 8.12. The number of nitrogens with zero attached hydrogens (tertiary/aromatic N) is 1. The maximum Gasteiger partial charge on any atom is 0.459 e. The van der Waals surface area contributed by atoms with Crippen LogP contribution in [0.15, 0.2) is 88.6 Å². The van der Waals surface area contributed by atoms with Crippen molar-refractivity contribution in [2.24, 2.45) is 0 Å². The van der Waals surface area contributed by atoms with Gasteiger partial charge in [0.2, 0.25) is 0 Å². The highest BCUT2D eigenvalue weighted by Crippen LogP contribution is 2.45. The molecule has 212 valence electrons. The number of carbonyl (C=O) groups excluding carboxylic acids is 1. The summed E-state index contributed by atoms with van der Waals surface area (Å²) < 4.78 is 37.5. The molecule has 1 aromatic heterocycles. The monoisotopic (exact) mass is 569 g/mol. The Labute approximate surface area is 231 Å². The number of carbonyl (C=O) groups is 1. The molecule has 4 atom stereocenters. The topological polar surface area (TPSA) is 138 Å². The molecule has 4 unspecified atom stereocenters. The summed E-state index contributed by atoms with van der Waals surface area (Å²) in [6.07, 6.45) is 4.60. The van der Waals surface area contributed by atoms with E-state index in [1.165, 1.54) is 17.7 Å². The number of esters is 1. The average Bonchev–Trinajstić information content (AvgIpc) is 3.42. The minimum atomic E-state index is -4.09. The number of hydrogen-bond donors (Lipinski definition) is 2. The van der Waals surface area contributed by atoms with Gasteiger partial charge in [-0.2, -0.15) is 5.09 Å². The summed E-state index contributed by atoms with van der Waals surface area (Å²) in [5, 5.41) is 2.65. The van der Waals surface area contributed by atoms with Gasteiger partial charge in [-0.15, -0.1) is 0 Å². The van der Waals surface area contributed by atoms with Crippen molar-refractivity contribution in [1.29, 1.82) is 0 Å². The zero-order chi connectivity index (χ0) is 28.5. The van der Waals surface area contributed by atoms with E-state index in [4.69, 9.17) is 18.5 Å². The smallest absolute Gasteiger partial charge is 0.459 e. The van der Waals surface area contributed by atoms with E-state index < -0.39 is 43.3 Å². The summed E-state index contributed by atoms with van der Waals surface area (Å²) in [5.41, 5.74) is 0.395. The molecular weight excluding hydrogens is 537 g/mol. The Bertz CT molecular complexity index is 1470. The maximum absolute atomic E-state index is 13.7. The largest absolute Gasteiger partial charge is 0.465 e. The Morgan fingerprint density at radius 2 is 1.80 bits per heavy atom. The van der Waals surface area contributed by atoms with Gasteiger partial charge in [-0.05, 0) is 50.5 Å². The van der Waals surface area contributed by atoms with Crippen molar-refractivity contribution in [1.82, 2.24) is 14.6 Å². The van der Waals surface area contributed by atoms with Gasteiger partial charge in [0.15, 0.2) is 6.23 Å². The number of aromatic nitrogens is 2. The molecule has 3 aromatic rings. The summed E-state index contributed by atoms with van der Waals surface area (Å²) in [4.78, 5) is 38.7. The van der Waals surface area contributed by atoms with Crippen molar-refractivity contribution in [3.63, 3.8) is 0 Å². The van der Waals surface area contributed by atoms with Crippen molar-refractivity contribution in [3.05, 3.63) is 111 Å². The number of aromatic amines is 1. The number of ether oxygens (including phenoxy) is 2. The lowest BCUT2D eigenvalue weighted by molar-refractivity contribution is -0.145. The van der Waals surface area contributed by atoms with Crippen molar-refractivity contribution in [2.75, 3.05) is 13.2 Å². The fourth-order valence-corrected chi connectivity index (χ4v) is 5.41. The zero-order valence-electron chi connectivity index (χ0n) is 22.2. The van der Waals surface area contributed by atoms with Crippen LogP contribution in [0, 0.1) is 6.92 Å². The molecule has 11 nitrogen and oxygen atoms in total. The molecule has 0 saturated carbocycles. The number of benzene rings is 2. The predicted octanol–water partition coefficient (Wildman–Crippen LogP) is 3.66. The van der Waals surface area contributed by atoms with Crippen molar-refractivity contribution in [2.45, 2.75) is 45.1 Å². The molecule has 12 heteroatoms. The molecule has 0 radical (unpaired) electrons. The number of rotatable bonds is 13. The molecule has 1 aliphatic rings. The van der Waals surface area contributed by atoms with Gasteiger partial charge in [-0.25, -0.2) is 9.36 Å². The molecular formula is C28H32N3O8P. The van der Waals surface area contributed by atoms with Crippen LogP contribution in [0.1, 0.15) is 30.7 Å². The highest BCUT2D eigenvalue weighted by Gasteiger charge is 2.34. The summed E-state index contributed by atoms with van der Waals surface area (Å²) in [7, 11) is -4.09. The average molecular weight is 570 g/mol. The molecule has 0 spiro atoms. The van der Waals surface area contributed by atoms with Crippen LogP contribution in [0.4, 0.5) is 0 Å². The standard InChI is InChI=1S/C28H32N3O8P/c1-20-18-31(28(34)29-26(20)32)25-16-15-24(38-25)19-37-40(35,39-23-13-7-4-8-14-23)30-21(2)27(33)36-17-9-12-22-10-5-3-6-11-22/h3-8,10-11,13-16,18,21,24-25H,9,12,17,19H2,1-2H3,(H,30,35)(H,29,32,34). The van der Waals surface area contributed by atoms with Crippen molar-refractivity contribution in [3.8, 4) is 5.75 Å². The Morgan fingerprint density at radius 3 is 2.52 bits per heavy atom. The van der Waals surface area contributed by atoms with Crippen molar-refractivity contribution < 1.29 is 27.9 Å². The van der Waals surface area contributed by atoms with E-state index in [9.17, 15) is 18.9 Å². The first-order valence-corrected chi connectivity index (χ1v) is 14.4. The SMILES string of the molecule is Cc1cn(C2C=CC(COP(=O)(NC(C)C(=O)OCCCc3ccccc3)Oc3ccccc3)O2)c(=O)[nH]c1=O. The molecule has 0 amide bonds. The Hall–Kier alpha value is -3.76. The van der Waals surface area contributed by atoms with Gasteiger partial charge < -0.3 is 14.0 Å². The second kappa shape index (κ2) is 13.5. The molecule has 4 rings (SSSR count). The highest BCUT2D eigenvalue weighted by atomic mass is 31.2. The van der Waals surface area contributed by atoms with E-state index in [1.54, 1.807) is 49.4 Å². The highest BCUT2D eigenvalue weighted by molar-refractivity contribution is 7.52. The van der Waals surface area contributed by atoms with Gasteiger partial charge in [0.05, 0.1) is 13.2 Å². The lowest BCUT2D eigenvalue weighted by Crippen LogP contribution is -2.36. The maximum atomic E-state index is 13.7. The quantitative estimate of drug-likeness (QED) is 0.137. The Balaban J connectivity index is 1.34. The lowest BCUT2D eigenvalue weighted by Gasteiger charge is -2.24. The molecule has 1 aliphatic heterocycles. The first-order chi connectivity index (χ1) is 19.2. The summed E-state index contributed by atoms with van der Waals surface area (Å²) in [5.74, 6) is -0.323. The number of H-pyrrole nitrogens is 1. The number of nitrogens with one attached hydrogen (secondary N) is 2. The molecule has 2 N–H and O–H groups in total. The van der Waals surface area contributed by atoms with Gasteiger partial charge in [0, 0.05) is 11.8 Å². The van der Waals surface area contributed by atoms with Crippen LogP contribution in [-0.4, -0.2) is 40.9 Å². The van der Waals surface area contributed by atoms with E-state index >= 15 is 0 Å². The van der Waals surface area contributed by atoms with Crippen LogP contribution in [0.5, 0.6) is 5.75 Å². The molecule has 0 fully saturated rings. The minimum Gasteiger partial charge on any atom is -0.465 e. The van der Waals surface area contributed by atoms with E-state index in [2.05, 4.69) is 10.1 Å². The molecule has 0 saturated heterocycles. The van der Waals surface area contributed by atoms with Crippen LogP contribution >= 0.6 is 7.75 Å². The van der Waals surface area contributed by atoms with Gasteiger partial charge in [-0.3, -0.25) is 23.7 Å². The normalized spacial score (nSPS) is 18.6. The van der Waals surface area contributed by atoms with Crippen LogP contribution in [0.2, 0.25) is 0 Å². The van der Waals surface area contributed by atoms with E-state index in [0.29, 0.717) is 12.0 Å². The molecule has 0 bridgehead atoms. The van der Waals surface area contributed by atoms with E-state index in [1.807, 2.05) is 30.3 Å². The Kier molecular flexibility index (Phi) is 9.89. The second-order valence-electron chi connectivity index (χ2n) is 9.23. The van der Waals surface area contributed by atoms with Gasteiger partial charge in [0.25, 0.3) is 5.56 Å². The first-order valence-electron chi connectivity index (χ1n) is 12.9. The van der Waals surface area contributed by atoms with Crippen LogP contribution in [-0.2, 0) is 29.8 Å². The third-order valence-electron chi connectivity index (χ3n) is 6.00. The number of aryl methyl sites for hydroxylation is 2. The first kappa shape index (κ1) is 29.2. The minimum absolute atomic E-state index is 0.205. The van der Waals surface area contributed by atoms with Gasteiger partial charge in [0.1, 0.15) is 17.9 Å². The van der Waals surface area contributed by atoms with Crippen LogP contribution in [0.3, 0.4) is 0 Å². The predicted molar refractivity (Wildman–Crippen MR) is 148 cm³/mol. The number of para-hydroxylation sites is 1. The summed E-state index contributed by atoms with van der Waals surface area (Å²) >= 11 is 0. The molecule has 2 heterocycles. The van der Waals surface area contributed by atoms with Gasteiger partial charge >= 0.3 is 19.4 Å². The van der Waals surface area contributed by atoms with E-state index in [0.717, 1.165) is 12.0 Å². The molecule has 2 aromatic carbocycles. The summed E-state index contributed by atoms with van der Waals surface area (Å²) in [6.45, 7) is 3.08. The zero-order valence-corrected chi connectivity index (χ0v) is 23.1. The molecule has 40 heavy (non-hydrogen) atoms. The fraction of sp³-hybridized carbons (Fsp3) is 0.321. The fourth-order valence-electron chi connectivity index (χ4n) is 3.91. The number of hydrogen-bond acceptors (Lipinski definition) is 8. The van der Waals surface area contributed by atoms with Crippen molar-refractivity contribution >= 4 is 13.7 Å². The van der Waals surface area contributed by atoms with Gasteiger partial charge in [-0.1, -0.05) is 54.6 Å². The van der Waals surface area contributed by atoms with E-state index in [-0.39, 0.29) is 19.0 Å². The second-order valence-corrected chi connectivity index (χ2v) is 10.9. The summed E-state index contributed by atoms with van der Waals surface area (Å²) in [6, 6.07) is 17.3. The van der Waals surface area contributed by atoms with Crippen LogP contribution < -0.4 is 20.9 Å². The lowest BCUT2D eigenvalue weighted by atomic mass is 10.1.